The number of hydrogen-bond acceptors (Lipinski definition) is 6. The smallest absolute Gasteiger partial charge is 0.337 e. The van der Waals surface area contributed by atoms with E-state index in [9.17, 15) is 13.2 Å². The summed E-state index contributed by atoms with van der Waals surface area (Å²) in [6, 6.07) is 1.07. The average Bonchev–Trinajstić information content (AvgIpc) is 2.61. The van der Waals surface area contributed by atoms with Crippen molar-refractivity contribution < 1.29 is 18.3 Å². The van der Waals surface area contributed by atoms with Crippen LogP contribution in [0.5, 0.6) is 0 Å². The molecule has 1 unspecified atom stereocenters. The Balaban J connectivity index is 2.13. The number of pyridine rings is 1. The number of hydrogen-bond donors (Lipinski definition) is 3. The summed E-state index contributed by atoms with van der Waals surface area (Å²) in [4.78, 5) is 14.6. The zero-order valence-corrected chi connectivity index (χ0v) is 10.3. The van der Waals surface area contributed by atoms with Gasteiger partial charge in [-0.15, -0.1) is 0 Å². The molecule has 0 aliphatic carbocycles. The normalized spacial score (nSPS) is 21.7. The minimum Gasteiger partial charge on any atom is -0.478 e. The van der Waals surface area contributed by atoms with Crippen molar-refractivity contribution in [3.05, 3.63) is 17.8 Å². The number of aromatic nitrogens is 1. The van der Waals surface area contributed by atoms with E-state index in [1.54, 1.807) is 0 Å². The first-order valence-electron chi connectivity index (χ1n) is 5.33. The van der Waals surface area contributed by atoms with Crippen molar-refractivity contribution in [1.82, 2.24) is 4.98 Å². The maximum atomic E-state index is 11.3. The molecule has 0 bridgehead atoms. The number of sulfone groups is 1. The summed E-state index contributed by atoms with van der Waals surface area (Å²) < 4.78 is 22.6. The average molecular weight is 271 g/mol. The molecule has 0 saturated carbocycles. The Morgan fingerprint density at radius 3 is 2.78 bits per heavy atom. The molecule has 1 aromatic rings. The highest BCUT2D eigenvalue weighted by molar-refractivity contribution is 7.91. The molecule has 2 rings (SSSR count). The molecule has 1 aromatic heterocycles. The van der Waals surface area contributed by atoms with Gasteiger partial charge in [-0.3, -0.25) is 0 Å². The summed E-state index contributed by atoms with van der Waals surface area (Å²) in [7, 11) is -2.98. The minimum absolute atomic E-state index is 0.00269. The second kappa shape index (κ2) is 4.45. The van der Waals surface area contributed by atoms with E-state index in [4.69, 9.17) is 10.8 Å². The zero-order valence-electron chi connectivity index (χ0n) is 9.46. The van der Waals surface area contributed by atoms with Crippen LogP contribution in [-0.4, -0.2) is 42.0 Å². The molecule has 7 nitrogen and oxygen atoms in total. The SMILES string of the molecule is Nc1cc(C(=O)O)cnc1NC1CCS(=O)(=O)C1. The van der Waals surface area contributed by atoms with Crippen LogP contribution in [0.4, 0.5) is 11.5 Å². The largest absolute Gasteiger partial charge is 0.478 e. The summed E-state index contributed by atoms with van der Waals surface area (Å²) in [5, 5.41) is 11.7. The molecular weight excluding hydrogens is 258 g/mol. The predicted octanol–water partition coefficient (Wildman–Crippen LogP) is -0.0390. The number of carbonyl (C=O) groups is 1. The van der Waals surface area contributed by atoms with E-state index in [0.717, 1.165) is 0 Å². The maximum absolute atomic E-state index is 11.3. The summed E-state index contributed by atoms with van der Waals surface area (Å²) >= 11 is 0. The zero-order chi connectivity index (χ0) is 13.3. The number of anilines is 2. The van der Waals surface area contributed by atoms with E-state index in [0.29, 0.717) is 12.2 Å². The molecule has 8 heteroatoms. The third-order valence-electron chi connectivity index (χ3n) is 2.74. The fourth-order valence-corrected chi connectivity index (χ4v) is 3.49. The second-order valence-electron chi connectivity index (χ2n) is 4.21. The minimum atomic E-state index is -2.98. The van der Waals surface area contributed by atoms with Crippen molar-refractivity contribution in [3.8, 4) is 0 Å². The van der Waals surface area contributed by atoms with Crippen LogP contribution in [0.15, 0.2) is 12.3 Å². The quantitative estimate of drug-likeness (QED) is 0.705. The summed E-state index contributed by atoms with van der Waals surface area (Å²) in [6.07, 6.45) is 1.69. The molecule has 1 saturated heterocycles. The number of nitrogens with one attached hydrogen (secondary N) is 1. The van der Waals surface area contributed by atoms with Crippen LogP contribution in [0.25, 0.3) is 0 Å². The van der Waals surface area contributed by atoms with Crippen molar-refractivity contribution >= 4 is 27.3 Å². The Hall–Kier alpha value is -1.83. The maximum Gasteiger partial charge on any atom is 0.337 e. The topological polar surface area (TPSA) is 122 Å². The van der Waals surface area contributed by atoms with Gasteiger partial charge in [0.15, 0.2) is 9.84 Å². The summed E-state index contributed by atoms with van der Waals surface area (Å²) in [5.74, 6) is -0.585. The van der Waals surface area contributed by atoms with E-state index >= 15 is 0 Å². The Bertz CT molecular complexity index is 585. The van der Waals surface area contributed by atoms with Crippen LogP contribution in [0, 0.1) is 0 Å². The third kappa shape index (κ3) is 2.70. The molecule has 0 radical (unpaired) electrons. The first kappa shape index (κ1) is 12.6. The Kier molecular flexibility index (Phi) is 3.12. The Morgan fingerprint density at radius 1 is 1.56 bits per heavy atom. The highest BCUT2D eigenvalue weighted by Gasteiger charge is 2.28. The molecule has 98 valence electrons. The first-order valence-corrected chi connectivity index (χ1v) is 7.15. The number of carboxylic acids is 1. The van der Waals surface area contributed by atoms with Gasteiger partial charge in [0.05, 0.1) is 22.8 Å². The fourth-order valence-electron chi connectivity index (χ4n) is 1.82. The van der Waals surface area contributed by atoms with Crippen molar-refractivity contribution in [2.75, 3.05) is 22.6 Å². The monoisotopic (exact) mass is 271 g/mol. The highest BCUT2D eigenvalue weighted by Crippen LogP contribution is 2.21. The van der Waals surface area contributed by atoms with Crippen LogP contribution in [0.1, 0.15) is 16.8 Å². The fraction of sp³-hybridized carbons (Fsp3) is 0.400. The van der Waals surface area contributed by atoms with Crippen LogP contribution in [-0.2, 0) is 9.84 Å². The number of nitrogens with two attached hydrogens (primary N) is 1. The molecule has 1 aliphatic rings. The lowest BCUT2D eigenvalue weighted by Crippen LogP contribution is -2.22. The standard InChI is InChI=1S/C10H13N3O4S/c11-8-3-6(10(14)15)4-12-9(8)13-7-1-2-18(16,17)5-7/h3-4,7H,1-2,5,11H2,(H,12,13)(H,14,15). The van der Waals surface area contributed by atoms with Crippen molar-refractivity contribution in [1.29, 1.82) is 0 Å². The third-order valence-corrected chi connectivity index (χ3v) is 4.51. The van der Waals surface area contributed by atoms with E-state index < -0.39 is 15.8 Å². The molecule has 0 aromatic carbocycles. The highest BCUT2D eigenvalue weighted by atomic mass is 32.2. The lowest BCUT2D eigenvalue weighted by atomic mass is 10.2. The van der Waals surface area contributed by atoms with Crippen molar-refractivity contribution in [3.63, 3.8) is 0 Å². The van der Waals surface area contributed by atoms with Gasteiger partial charge in [-0.1, -0.05) is 0 Å². The van der Waals surface area contributed by atoms with Gasteiger partial charge >= 0.3 is 5.97 Å². The Labute approximate surface area is 104 Å². The van der Waals surface area contributed by atoms with E-state index in [1.165, 1.54) is 12.3 Å². The lowest BCUT2D eigenvalue weighted by Gasteiger charge is -2.13. The molecule has 4 N–H and O–H groups in total. The number of rotatable bonds is 3. The lowest BCUT2D eigenvalue weighted by molar-refractivity contribution is 0.0696. The number of aromatic carboxylic acids is 1. The number of nitrogen functional groups attached to an aromatic ring is 1. The van der Waals surface area contributed by atoms with Gasteiger partial charge < -0.3 is 16.2 Å². The molecule has 1 fully saturated rings. The summed E-state index contributed by atoms with van der Waals surface area (Å²) in [5.41, 5.74) is 5.86. The van der Waals surface area contributed by atoms with Crippen LogP contribution >= 0.6 is 0 Å². The molecule has 0 spiro atoms. The van der Waals surface area contributed by atoms with E-state index in [2.05, 4.69) is 10.3 Å². The molecule has 18 heavy (non-hydrogen) atoms. The predicted molar refractivity (Wildman–Crippen MR) is 66.3 cm³/mol. The second-order valence-corrected chi connectivity index (χ2v) is 6.44. The molecule has 1 atom stereocenters. The number of carboxylic acid groups (broad SMARTS) is 1. The van der Waals surface area contributed by atoms with E-state index in [1.807, 2.05) is 0 Å². The van der Waals surface area contributed by atoms with Crippen LogP contribution < -0.4 is 11.1 Å². The van der Waals surface area contributed by atoms with Gasteiger partial charge in [-0.05, 0) is 12.5 Å². The van der Waals surface area contributed by atoms with Gasteiger partial charge in [0, 0.05) is 12.2 Å². The van der Waals surface area contributed by atoms with Crippen molar-refractivity contribution in [2.24, 2.45) is 0 Å². The molecular formula is C10H13N3O4S. The summed E-state index contributed by atoms with van der Waals surface area (Å²) in [6.45, 7) is 0. The molecule has 1 aliphatic heterocycles. The van der Waals surface area contributed by atoms with Gasteiger partial charge in [-0.2, -0.15) is 0 Å². The number of nitrogens with zero attached hydrogens (tertiary/aromatic N) is 1. The molecule has 0 amide bonds. The molecule has 2 heterocycles. The van der Waals surface area contributed by atoms with Gasteiger partial charge in [-0.25, -0.2) is 18.2 Å². The van der Waals surface area contributed by atoms with Gasteiger partial charge in [0.2, 0.25) is 0 Å². The van der Waals surface area contributed by atoms with Crippen LogP contribution in [0.3, 0.4) is 0 Å². The first-order chi connectivity index (χ1) is 8.37. The van der Waals surface area contributed by atoms with Crippen molar-refractivity contribution in [2.45, 2.75) is 12.5 Å². The van der Waals surface area contributed by atoms with Crippen LogP contribution in [0.2, 0.25) is 0 Å². The van der Waals surface area contributed by atoms with Gasteiger partial charge in [0.1, 0.15) is 5.82 Å². The van der Waals surface area contributed by atoms with Gasteiger partial charge in [0.25, 0.3) is 0 Å². The Morgan fingerprint density at radius 2 is 2.28 bits per heavy atom. The van der Waals surface area contributed by atoms with E-state index in [-0.39, 0.29) is 28.8 Å².